The molecule has 0 radical (unpaired) electrons. The van der Waals surface area contributed by atoms with Crippen molar-refractivity contribution in [1.82, 2.24) is 0 Å². The van der Waals surface area contributed by atoms with Gasteiger partial charge in [0.2, 0.25) is 0 Å². The number of rotatable bonds is 2. The summed E-state index contributed by atoms with van der Waals surface area (Å²) in [5.74, 6) is 6.89. The fourth-order valence-electron chi connectivity index (χ4n) is 1.68. The number of aryl methyl sites for hydroxylation is 2. The predicted molar refractivity (Wildman–Crippen MR) is 66.9 cm³/mol. The van der Waals surface area contributed by atoms with Crippen molar-refractivity contribution < 1.29 is 0 Å². The molecule has 0 aliphatic rings. The first kappa shape index (κ1) is 11.9. The van der Waals surface area contributed by atoms with E-state index in [4.69, 9.17) is 0 Å². The van der Waals surface area contributed by atoms with Gasteiger partial charge in [-0.1, -0.05) is 43.5 Å². The van der Waals surface area contributed by atoms with E-state index in [1.807, 2.05) is 0 Å². The fraction of sp³-hybridized carbons (Fsp3) is 0.467. The Balaban J connectivity index is 2.75. The van der Waals surface area contributed by atoms with Crippen molar-refractivity contribution >= 4 is 0 Å². The molecule has 15 heavy (non-hydrogen) atoms. The predicted octanol–water partition coefficient (Wildman–Crippen LogP) is 3.90. The molecule has 0 saturated heterocycles. The zero-order valence-corrected chi connectivity index (χ0v) is 10.2. The number of hydrogen-bond acceptors (Lipinski definition) is 0. The molecule has 1 rings (SSSR count). The van der Waals surface area contributed by atoms with E-state index in [0.717, 1.165) is 12.8 Å². The van der Waals surface area contributed by atoms with Gasteiger partial charge in [0.1, 0.15) is 0 Å². The minimum Gasteiger partial charge on any atom is -0.103 e. The van der Waals surface area contributed by atoms with Crippen LogP contribution in [0.1, 0.15) is 37.0 Å². The summed E-state index contributed by atoms with van der Waals surface area (Å²) in [6.07, 6.45) is 2.03. The van der Waals surface area contributed by atoms with Crippen LogP contribution >= 0.6 is 0 Å². The van der Waals surface area contributed by atoms with E-state index in [0.29, 0.717) is 5.92 Å². The smallest absolute Gasteiger partial charge is 0.0215 e. The largest absolute Gasteiger partial charge is 0.103 e. The highest BCUT2D eigenvalue weighted by Gasteiger charge is 2.03. The van der Waals surface area contributed by atoms with Gasteiger partial charge in [0.15, 0.2) is 0 Å². The van der Waals surface area contributed by atoms with Crippen molar-refractivity contribution in [3.05, 3.63) is 34.9 Å². The summed E-state index contributed by atoms with van der Waals surface area (Å²) in [4.78, 5) is 0. The van der Waals surface area contributed by atoms with Gasteiger partial charge < -0.3 is 0 Å². The van der Waals surface area contributed by atoms with Gasteiger partial charge in [0.05, 0.1) is 0 Å². The molecule has 0 bridgehead atoms. The highest BCUT2D eigenvalue weighted by atomic mass is 14.1. The quantitative estimate of drug-likeness (QED) is 0.635. The first-order chi connectivity index (χ1) is 7.13. The molecule has 0 aliphatic heterocycles. The van der Waals surface area contributed by atoms with E-state index in [1.165, 1.54) is 16.7 Å². The lowest BCUT2D eigenvalue weighted by molar-refractivity contribution is 0.745. The first-order valence-corrected chi connectivity index (χ1v) is 5.68. The molecule has 0 amide bonds. The third-order valence-electron chi connectivity index (χ3n) is 2.56. The van der Waals surface area contributed by atoms with Gasteiger partial charge in [0.25, 0.3) is 0 Å². The lowest BCUT2D eigenvalue weighted by Crippen LogP contribution is -1.99. The van der Waals surface area contributed by atoms with Gasteiger partial charge in [0, 0.05) is 12.3 Å². The minimum absolute atomic E-state index is 0.463. The van der Waals surface area contributed by atoms with Crippen LogP contribution in [0.2, 0.25) is 0 Å². The Morgan fingerprint density at radius 3 is 2.67 bits per heavy atom. The van der Waals surface area contributed by atoms with Crippen LogP contribution in [0, 0.1) is 31.6 Å². The Morgan fingerprint density at radius 1 is 1.27 bits per heavy atom. The fourth-order valence-corrected chi connectivity index (χ4v) is 1.68. The molecule has 0 aromatic heterocycles. The molecule has 0 nitrogen and oxygen atoms in total. The molecule has 0 fully saturated rings. The Bertz CT molecular complexity index is 377. The Kier molecular flexibility index (Phi) is 4.43. The van der Waals surface area contributed by atoms with E-state index in [2.05, 4.69) is 57.7 Å². The summed E-state index contributed by atoms with van der Waals surface area (Å²) in [5, 5.41) is 0. The second kappa shape index (κ2) is 5.61. The van der Waals surface area contributed by atoms with Crippen molar-refractivity contribution in [3.63, 3.8) is 0 Å². The molecule has 0 aliphatic carbocycles. The normalized spacial score (nSPS) is 11.7. The van der Waals surface area contributed by atoms with Crippen LogP contribution < -0.4 is 0 Å². The zero-order chi connectivity index (χ0) is 11.3. The monoisotopic (exact) mass is 200 g/mol. The van der Waals surface area contributed by atoms with E-state index in [1.54, 1.807) is 0 Å². The van der Waals surface area contributed by atoms with Crippen molar-refractivity contribution in [2.45, 2.75) is 40.5 Å². The molecule has 1 unspecified atom stereocenters. The summed E-state index contributed by atoms with van der Waals surface area (Å²) >= 11 is 0. The standard InChI is InChI=1S/C15H20/c1-5-6-7-12(2)10-15-11-13(3)8-9-14(15)4/h8-9,11-12H,5,10H2,1-4H3. The Hall–Kier alpha value is -1.22. The molecular weight excluding hydrogens is 180 g/mol. The Labute approximate surface area is 93.7 Å². The van der Waals surface area contributed by atoms with Crippen LogP contribution in [0.4, 0.5) is 0 Å². The summed E-state index contributed by atoms with van der Waals surface area (Å²) in [6.45, 7) is 8.61. The maximum Gasteiger partial charge on any atom is 0.0215 e. The van der Waals surface area contributed by atoms with Crippen molar-refractivity contribution in [2.24, 2.45) is 5.92 Å². The number of benzene rings is 1. The first-order valence-electron chi connectivity index (χ1n) is 5.68. The van der Waals surface area contributed by atoms with Crippen LogP contribution in [0.5, 0.6) is 0 Å². The topological polar surface area (TPSA) is 0 Å². The average Bonchev–Trinajstić information content (AvgIpc) is 2.20. The van der Waals surface area contributed by atoms with E-state index >= 15 is 0 Å². The van der Waals surface area contributed by atoms with Crippen LogP contribution in [0.3, 0.4) is 0 Å². The van der Waals surface area contributed by atoms with Crippen molar-refractivity contribution in [2.75, 3.05) is 0 Å². The molecule has 0 N–H and O–H groups in total. The lowest BCUT2D eigenvalue weighted by atomic mass is 9.96. The van der Waals surface area contributed by atoms with Crippen LogP contribution in [-0.4, -0.2) is 0 Å². The van der Waals surface area contributed by atoms with Gasteiger partial charge in [-0.2, -0.15) is 0 Å². The molecule has 80 valence electrons. The second-order valence-electron chi connectivity index (χ2n) is 4.21. The highest BCUT2D eigenvalue weighted by molar-refractivity contribution is 5.31. The summed E-state index contributed by atoms with van der Waals surface area (Å²) < 4.78 is 0. The minimum atomic E-state index is 0.463. The van der Waals surface area contributed by atoms with Crippen LogP contribution in [0.25, 0.3) is 0 Å². The molecule has 1 aromatic rings. The van der Waals surface area contributed by atoms with Crippen LogP contribution in [0.15, 0.2) is 18.2 Å². The van der Waals surface area contributed by atoms with E-state index < -0.39 is 0 Å². The third kappa shape index (κ3) is 3.80. The maximum atomic E-state index is 3.28. The van der Waals surface area contributed by atoms with Crippen molar-refractivity contribution in [3.8, 4) is 11.8 Å². The molecule has 0 spiro atoms. The number of hydrogen-bond donors (Lipinski definition) is 0. The van der Waals surface area contributed by atoms with Crippen molar-refractivity contribution in [1.29, 1.82) is 0 Å². The maximum absolute atomic E-state index is 3.28. The summed E-state index contributed by atoms with van der Waals surface area (Å²) in [5.41, 5.74) is 4.16. The van der Waals surface area contributed by atoms with Crippen LogP contribution in [-0.2, 0) is 6.42 Å². The third-order valence-corrected chi connectivity index (χ3v) is 2.56. The molecular formula is C15H20. The summed E-state index contributed by atoms with van der Waals surface area (Å²) in [7, 11) is 0. The van der Waals surface area contributed by atoms with Gasteiger partial charge >= 0.3 is 0 Å². The molecule has 0 saturated carbocycles. The SMILES string of the molecule is CCC#CC(C)Cc1cc(C)ccc1C. The zero-order valence-electron chi connectivity index (χ0n) is 10.2. The molecule has 0 heterocycles. The van der Waals surface area contributed by atoms with Gasteiger partial charge in [-0.05, 0) is 31.4 Å². The van der Waals surface area contributed by atoms with E-state index in [9.17, 15) is 0 Å². The molecule has 1 aromatic carbocycles. The summed E-state index contributed by atoms with van der Waals surface area (Å²) in [6, 6.07) is 6.64. The molecule has 0 heteroatoms. The van der Waals surface area contributed by atoms with Gasteiger partial charge in [-0.3, -0.25) is 0 Å². The molecule has 1 atom stereocenters. The highest BCUT2D eigenvalue weighted by Crippen LogP contribution is 2.14. The van der Waals surface area contributed by atoms with Gasteiger partial charge in [-0.15, -0.1) is 5.92 Å². The van der Waals surface area contributed by atoms with E-state index in [-0.39, 0.29) is 0 Å². The second-order valence-corrected chi connectivity index (χ2v) is 4.21. The van der Waals surface area contributed by atoms with Gasteiger partial charge in [-0.25, -0.2) is 0 Å². The average molecular weight is 200 g/mol. The lowest BCUT2D eigenvalue weighted by Gasteiger charge is -2.09. The Morgan fingerprint density at radius 2 is 2.00 bits per heavy atom.